The van der Waals surface area contributed by atoms with Gasteiger partial charge in [0.15, 0.2) is 0 Å². The number of carbonyl (C=O) groups is 2. The number of nitrogens with one attached hydrogen (secondary N) is 2. The second-order valence-corrected chi connectivity index (χ2v) is 5.68. The van der Waals surface area contributed by atoms with Gasteiger partial charge in [0.05, 0.1) is 5.69 Å². The fraction of sp³-hybridized carbons (Fsp3) is 0.273. The molecule has 1 atom stereocenters. The molecule has 1 aromatic carbocycles. The van der Waals surface area contributed by atoms with Crippen LogP contribution in [0.4, 0.5) is 5.69 Å². The average molecular weight is 396 g/mol. The molecule has 0 aliphatic carbocycles. The van der Waals surface area contributed by atoms with Crippen molar-refractivity contribution in [3.05, 3.63) is 27.1 Å². The lowest BCUT2D eigenvalue weighted by molar-refractivity contribution is -0.124. The number of amides is 2. The van der Waals surface area contributed by atoms with Crippen LogP contribution in [0, 0.1) is 0 Å². The third-order valence-electron chi connectivity index (χ3n) is 2.07. The van der Waals surface area contributed by atoms with Crippen LogP contribution in [0.1, 0.15) is 6.92 Å². The first-order valence-corrected chi connectivity index (χ1v) is 7.29. The van der Waals surface area contributed by atoms with Gasteiger partial charge in [-0.3, -0.25) is 9.59 Å². The lowest BCUT2D eigenvalue weighted by Crippen LogP contribution is -2.44. The minimum Gasteiger partial charge on any atom is -0.344 e. The van der Waals surface area contributed by atoms with Gasteiger partial charge in [-0.25, -0.2) is 0 Å². The Balaban J connectivity index is 2.76. The molecule has 4 nitrogen and oxygen atoms in total. The van der Waals surface area contributed by atoms with Gasteiger partial charge in [-0.1, -0.05) is 15.9 Å². The maximum atomic E-state index is 11.9. The van der Waals surface area contributed by atoms with E-state index in [-0.39, 0.29) is 17.6 Å². The lowest BCUT2D eigenvalue weighted by atomic mass is 10.2. The Morgan fingerprint density at radius 3 is 2.56 bits per heavy atom. The van der Waals surface area contributed by atoms with Crippen molar-refractivity contribution in [3.63, 3.8) is 0 Å². The van der Waals surface area contributed by atoms with E-state index in [2.05, 4.69) is 55.1 Å². The van der Waals surface area contributed by atoms with Crippen LogP contribution in [0.2, 0.25) is 0 Å². The maximum absolute atomic E-state index is 11.9. The van der Waals surface area contributed by atoms with E-state index in [4.69, 9.17) is 0 Å². The largest absolute Gasteiger partial charge is 0.344 e. The number of benzene rings is 1. The van der Waals surface area contributed by atoms with Gasteiger partial charge in [-0.05, 0) is 34.1 Å². The molecule has 7 heteroatoms. The molecule has 0 aliphatic heterocycles. The van der Waals surface area contributed by atoms with E-state index in [0.717, 1.165) is 8.95 Å². The van der Waals surface area contributed by atoms with Gasteiger partial charge in [-0.2, -0.15) is 12.6 Å². The van der Waals surface area contributed by atoms with Gasteiger partial charge in [0, 0.05) is 21.6 Å². The zero-order valence-corrected chi connectivity index (χ0v) is 13.6. The molecule has 1 unspecified atom stereocenters. The summed E-state index contributed by atoms with van der Waals surface area (Å²) in [7, 11) is 0. The zero-order chi connectivity index (χ0) is 13.7. The predicted molar refractivity (Wildman–Crippen MR) is 81.9 cm³/mol. The molecule has 18 heavy (non-hydrogen) atoms. The standard InChI is InChI=1S/C11H12Br2N2O2S/c1-6(16)14-10(5-18)11(17)15-9-3-2-7(12)4-8(9)13/h2-4,10,18H,5H2,1H3,(H,14,16)(H,15,17). The molecule has 0 bridgehead atoms. The van der Waals surface area contributed by atoms with E-state index in [9.17, 15) is 9.59 Å². The van der Waals surface area contributed by atoms with Crippen molar-refractivity contribution in [2.75, 3.05) is 11.1 Å². The van der Waals surface area contributed by atoms with Crippen LogP contribution in [-0.4, -0.2) is 23.6 Å². The van der Waals surface area contributed by atoms with Gasteiger partial charge in [0.25, 0.3) is 0 Å². The Morgan fingerprint density at radius 2 is 2.06 bits per heavy atom. The lowest BCUT2D eigenvalue weighted by Gasteiger charge is -2.16. The normalized spacial score (nSPS) is 11.8. The summed E-state index contributed by atoms with van der Waals surface area (Å²) in [5.74, 6) is -0.332. The summed E-state index contributed by atoms with van der Waals surface area (Å²) in [4.78, 5) is 22.9. The van der Waals surface area contributed by atoms with Crippen LogP contribution in [0.3, 0.4) is 0 Å². The van der Waals surface area contributed by atoms with Crippen LogP contribution in [-0.2, 0) is 9.59 Å². The summed E-state index contributed by atoms with van der Waals surface area (Å²) < 4.78 is 1.66. The van der Waals surface area contributed by atoms with Crippen molar-refractivity contribution < 1.29 is 9.59 Å². The molecular weight excluding hydrogens is 384 g/mol. The molecule has 1 aromatic rings. The van der Waals surface area contributed by atoms with E-state index in [1.165, 1.54) is 6.92 Å². The van der Waals surface area contributed by atoms with Crippen molar-refractivity contribution >= 4 is 62.0 Å². The number of hydrogen-bond donors (Lipinski definition) is 3. The Morgan fingerprint density at radius 1 is 1.39 bits per heavy atom. The van der Waals surface area contributed by atoms with E-state index in [1.807, 2.05) is 12.1 Å². The Kier molecular flexibility index (Phi) is 6.17. The summed E-state index contributed by atoms with van der Waals surface area (Å²) in [6.45, 7) is 1.36. The van der Waals surface area contributed by atoms with Crippen LogP contribution < -0.4 is 10.6 Å². The highest BCUT2D eigenvalue weighted by molar-refractivity contribution is 9.11. The molecule has 98 valence electrons. The Labute approximate surface area is 128 Å². The molecule has 0 spiro atoms. The second kappa shape index (κ2) is 7.16. The van der Waals surface area contributed by atoms with Crippen molar-refractivity contribution in [2.45, 2.75) is 13.0 Å². The van der Waals surface area contributed by atoms with Gasteiger partial charge in [0.1, 0.15) is 6.04 Å². The van der Waals surface area contributed by atoms with E-state index < -0.39 is 6.04 Å². The molecule has 0 saturated heterocycles. The first-order valence-electron chi connectivity index (χ1n) is 5.08. The first kappa shape index (κ1) is 15.5. The van der Waals surface area contributed by atoms with Gasteiger partial charge >= 0.3 is 0 Å². The highest BCUT2D eigenvalue weighted by atomic mass is 79.9. The zero-order valence-electron chi connectivity index (χ0n) is 9.54. The highest BCUT2D eigenvalue weighted by Crippen LogP contribution is 2.26. The third-order valence-corrected chi connectivity index (χ3v) is 3.58. The molecule has 0 aliphatic rings. The molecule has 0 aromatic heterocycles. The third kappa shape index (κ3) is 4.62. The van der Waals surface area contributed by atoms with E-state index in [1.54, 1.807) is 6.07 Å². The fourth-order valence-electron chi connectivity index (χ4n) is 1.25. The van der Waals surface area contributed by atoms with Crippen LogP contribution in [0.5, 0.6) is 0 Å². The highest BCUT2D eigenvalue weighted by Gasteiger charge is 2.18. The molecular formula is C11H12Br2N2O2S. The fourth-order valence-corrected chi connectivity index (χ4v) is 2.65. The summed E-state index contributed by atoms with van der Waals surface area (Å²) in [5, 5.41) is 5.25. The SMILES string of the molecule is CC(=O)NC(CS)C(=O)Nc1ccc(Br)cc1Br. The number of carbonyl (C=O) groups excluding carboxylic acids is 2. The van der Waals surface area contributed by atoms with Crippen LogP contribution in [0.15, 0.2) is 27.1 Å². The molecule has 0 saturated carbocycles. The molecule has 1 rings (SSSR count). The average Bonchev–Trinajstić information content (AvgIpc) is 2.29. The minimum absolute atomic E-state index is 0.236. The number of halogens is 2. The molecule has 0 radical (unpaired) electrons. The smallest absolute Gasteiger partial charge is 0.247 e. The van der Waals surface area contributed by atoms with Crippen molar-refractivity contribution in [1.29, 1.82) is 0 Å². The first-order chi connectivity index (χ1) is 8.43. The molecule has 0 heterocycles. The van der Waals surface area contributed by atoms with Crippen LogP contribution in [0.25, 0.3) is 0 Å². The number of rotatable bonds is 4. The summed E-state index contributed by atoms with van der Waals surface area (Å²) in [5.41, 5.74) is 0.639. The number of thiol groups is 1. The number of anilines is 1. The minimum atomic E-state index is -0.651. The van der Waals surface area contributed by atoms with Gasteiger partial charge in [0.2, 0.25) is 11.8 Å². The molecule has 2 amide bonds. The Bertz CT molecular complexity index is 468. The summed E-state index contributed by atoms with van der Waals surface area (Å²) in [6, 6.07) is 4.74. The number of hydrogen-bond acceptors (Lipinski definition) is 3. The summed E-state index contributed by atoms with van der Waals surface area (Å²) >= 11 is 10.7. The van der Waals surface area contributed by atoms with Crippen molar-refractivity contribution in [2.24, 2.45) is 0 Å². The van der Waals surface area contributed by atoms with Crippen molar-refractivity contribution in [3.8, 4) is 0 Å². The van der Waals surface area contributed by atoms with Crippen LogP contribution >= 0.6 is 44.5 Å². The van der Waals surface area contributed by atoms with E-state index in [0.29, 0.717) is 5.69 Å². The molecule has 0 fully saturated rings. The maximum Gasteiger partial charge on any atom is 0.247 e. The van der Waals surface area contributed by atoms with E-state index >= 15 is 0 Å². The summed E-state index contributed by atoms with van der Waals surface area (Å²) in [6.07, 6.45) is 0. The van der Waals surface area contributed by atoms with Crippen molar-refractivity contribution in [1.82, 2.24) is 5.32 Å². The second-order valence-electron chi connectivity index (χ2n) is 3.55. The Hall–Kier alpha value is -0.530. The quantitative estimate of drug-likeness (QED) is 0.686. The molecule has 2 N–H and O–H groups in total. The monoisotopic (exact) mass is 394 g/mol. The van der Waals surface area contributed by atoms with Gasteiger partial charge in [-0.15, -0.1) is 0 Å². The topological polar surface area (TPSA) is 58.2 Å². The predicted octanol–water partition coefficient (Wildman–Crippen LogP) is 2.58. The van der Waals surface area contributed by atoms with Gasteiger partial charge < -0.3 is 10.6 Å².